The molecule has 0 saturated carbocycles. The number of hydrogen-bond donors (Lipinski definition) is 1. The topological polar surface area (TPSA) is 81.4 Å². The van der Waals surface area contributed by atoms with Gasteiger partial charge in [-0.05, 0) is 61.1 Å². The zero-order valence-corrected chi connectivity index (χ0v) is 18.0. The summed E-state index contributed by atoms with van der Waals surface area (Å²) in [5, 5.41) is 3.60. The molecule has 1 unspecified atom stereocenters. The van der Waals surface area contributed by atoms with Gasteiger partial charge < -0.3 is 14.5 Å². The first-order chi connectivity index (χ1) is 14.9. The van der Waals surface area contributed by atoms with Crippen LogP contribution in [0.4, 0.5) is 0 Å². The van der Waals surface area contributed by atoms with E-state index in [0.717, 1.165) is 39.9 Å². The van der Waals surface area contributed by atoms with Crippen molar-refractivity contribution in [1.82, 2.24) is 10.3 Å². The number of furan rings is 1. The van der Waals surface area contributed by atoms with Crippen LogP contribution in [0.1, 0.15) is 54.6 Å². The number of ether oxygens (including phenoxy) is 1. The molecule has 6 heteroatoms. The number of benzene rings is 1. The largest absolute Gasteiger partial charge is 0.465 e. The summed E-state index contributed by atoms with van der Waals surface area (Å²) in [5.74, 6) is 0.244. The molecule has 1 aliphatic rings. The molecule has 4 rings (SSSR count). The number of esters is 1. The summed E-state index contributed by atoms with van der Waals surface area (Å²) < 4.78 is 10.9. The molecule has 1 aromatic carbocycles. The van der Waals surface area contributed by atoms with Gasteiger partial charge in [0.25, 0.3) is 5.91 Å². The fourth-order valence-corrected chi connectivity index (χ4v) is 3.72. The summed E-state index contributed by atoms with van der Waals surface area (Å²) in [7, 11) is 0. The zero-order chi connectivity index (χ0) is 22.0. The third-order valence-corrected chi connectivity index (χ3v) is 5.73. The molecule has 0 bridgehead atoms. The number of hydrogen-bond acceptors (Lipinski definition) is 5. The van der Waals surface area contributed by atoms with Gasteiger partial charge in [-0.3, -0.25) is 4.79 Å². The molecule has 6 nitrogen and oxygen atoms in total. The molecule has 1 N–H and O–H groups in total. The highest BCUT2D eigenvalue weighted by Crippen LogP contribution is 2.37. The molecule has 0 saturated heterocycles. The van der Waals surface area contributed by atoms with E-state index >= 15 is 0 Å². The van der Waals surface area contributed by atoms with Gasteiger partial charge in [-0.1, -0.05) is 32.0 Å². The van der Waals surface area contributed by atoms with E-state index in [1.165, 1.54) is 0 Å². The molecule has 3 aromatic rings. The van der Waals surface area contributed by atoms with Gasteiger partial charge in [-0.2, -0.15) is 0 Å². The number of amides is 1. The van der Waals surface area contributed by atoms with Crippen molar-refractivity contribution in [2.75, 3.05) is 6.61 Å². The second-order valence-electron chi connectivity index (χ2n) is 8.19. The van der Waals surface area contributed by atoms with Crippen molar-refractivity contribution in [1.29, 1.82) is 0 Å². The number of carbonyl (C=O) groups is 2. The number of para-hydroxylation sites is 1. The minimum atomic E-state index is -0.499. The number of carbonyl (C=O) groups excluding carboxylic acids is 2. The summed E-state index contributed by atoms with van der Waals surface area (Å²) in [5.41, 5.74) is 3.89. The van der Waals surface area contributed by atoms with Gasteiger partial charge in [0.1, 0.15) is 5.76 Å². The van der Waals surface area contributed by atoms with Crippen LogP contribution in [0.15, 0.2) is 47.1 Å². The van der Waals surface area contributed by atoms with Crippen LogP contribution in [0.25, 0.3) is 22.6 Å². The summed E-state index contributed by atoms with van der Waals surface area (Å²) in [6.07, 6.45) is 5.03. The summed E-state index contributed by atoms with van der Waals surface area (Å²) in [6, 6.07) is 11.2. The van der Waals surface area contributed by atoms with E-state index in [4.69, 9.17) is 14.1 Å². The standard InChI is InChI=1S/C25H26N2O4/c1-15(2)16(3)26-22(28)14-31-25(29)23-19-8-4-5-9-21(19)27-24-17(10-11-20(23)24)13-18-7-6-12-30-18/h4-9,12-13,15-16H,10-11,14H2,1-3H3,(H,26,28)/b17-13+. The number of nitrogens with one attached hydrogen (secondary N) is 1. The lowest BCUT2D eigenvalue weighted by Gasteiger charge is -2.17. The second-order valence-corrected chi connectivity index (χ2v) is 8.19. The van der Waals surface area contributed by atoms with E-state index < -0.39 is 5.97 Å². The Kier molecular flexibility index (Phi) is 5.89. The average molecular weight is 418 g/mol. The molecule has 1 aliphatic carbocycles. The second kappa shape index (κ2) is 8.76. The Balaban J connectivity index is 1.65. The first-order valence-corrected chi connectivity index (χ1v) is 10.6. The highest BCUT2D eigenvalue weighted by atomic mass is 16.5. The van der Waals surface area contributed by atoms with E-state index in [1.54, 1.807) is 6.26 Å². The van der Waals surface area contributed by atoms with Crippen molar-refractivity contribution in [2.45, 2.75) is 39.7 Å². The Morgan fingerprint density at radius 2 is 1.97 bits per heavy atom. The monoisotopic (exact) mass is 418 g/mol. The molecule has 0 aliphatic heterocycles. The molecule has 1 amide bonds. The molecule has 2 aromatic heterocycles. The van der Waals surface area contributed by atoms with Gasteiger partial charge in [0, 0.05) is 11.4 Å². The molecule has 0 spiro atoms. The maximum absolute atomic E-state index is 13.1. The molecule has 31 heavy (non-hydrogen) atoms. The number of fused-ring (bicyclic) bond motifs is 2. The van der Waals surface area contributed by atoms with E-state index in [1.807, 2.05) is 63.2 Å². The average Bonchev–Trinajstić information content (AvgIpc) is 3.40. The Morgan fingerprint density at radius 1 is 1.16 bits per heavy atom. The van der Waals surface area contributed by atoms with E-state index in [0.29, 0.717) is 17.9 Å². The molecule has 1 atom stereocenters. The minimum Gasteiger partial charge on any atom is -0.465 e. The van der Waals surface area contributed by atoms with Gasteiger partial charge in [-0.25, -0.2) is 9.78 Å². The van der Waals surface area contributed by atoms with Crippen LogP contribution in [0.3, 0.4) is 0 Å². The van der Waals surface area contributed by atoms with E-state index in [2.05, 4.69) is 5.32 Å². The zero-order valence-electron chi connectivity index (χ0n) is 18.0. The Labute approximate surface area is 181 Å². The molecular formula is C25H26N2O4. The SMILES string of the molecule is CC(C)C(C)NC(=O)COC(=O)c1c2c(nc3ccccc13)/C(=C/c1ccco1)CC2. The Bertz CT molecular complexity index is 1150. The first-order valence-electron chi connectivity index (χ1n) is 10.6. The van der Waals surface area contributed by atoms with Crippen LogP contribution in [-0.2, 0) is 16.0 Å². The highest BCUT2D eigenvalue weighted by Gasteiger charge is 2.28. The van der Waals surface area contributed by atoms with Crippen LogP contribution in [0, 0.1) is 5.92 Å². The van der Waals surface area contributed by atoms with Crippen molar-refractivity contribution in [3.8, 4) is 0 Å². The van der Waals surface area contributed by atoms with Crippen LogP contribution in [-0.4, -0.2) is 29.5 Å². The lowest BCUT2D eigenvalue weighted by molar-refractivity contribution is -0.125. The van der Waals surface area contributed by atoms with Gasteiger partial charge in [0.2, 0.25) is 0 Å². The number of allylic oxidation sites excluding steroid dienone is 1. The van der Waals surface area contributed by atoms with Crippen LogP contribution in [0.2, 0.25) is 0 Å². The van der Waals surface area contributed by atoms with E-state index in [-0.39, 0.29) is 18.6 Å². The van der Waals surface area contributed by atoms with Crippen molar-refractivity contribution in [3.05, 3.63) is 65.2 Å². The van der Waals surface area contributed by atoms with Gasteiger partial charge in [0.05, 0.1) is 23.0 Å². The molecule has 0 fully saturated rings. The third kappa shape index (κ3) is 4.38. The fourth-order valence-electron chi connectivity index (χ4n) is 3.72. The predicted molar refractivity (Wildman–Crippen MR) is 119 cm³/mol. The quantitative estimate of drug-likeness (QED) is 0.590. The normalized spacial score (nSPS) is 15.3. The maximum atomic E-state index is 13.1. The Morgan fingerprint density at radius 3 is 2.71 bits per heavy atom. The van der Waals surface area contributed by atoms with Crippen molar-refractivity contribution in [3.63, 3.8) is 0 Å². The highest BCUT2D eigenvalue weighted by molar-refractivity contribution is 6.07. The number of aromatic nitrogens is 1. The van der Waals surface area contributed by atoms with Crippen LogP contribution in [0.5, 0.6) is 0 Å². The molecule has 2 heterocycles. The molecular weight excluding hydrogens is 392 g/mol. The van der Waals surface area contributed by atoms with Crippen molar-refractivity contribution < 1.29 is 18.7 Å². The fraction of sp³-hybridized carbons (Fsp3) is 0.320. The van der Waals surface area contributed by atoms with Gasteiger partial charge in [-0.15, -0.1) is 0 Å². The maximum Gasteiger partial charge on any atom is 0.339 e. The van der Waals surface area contributed by atoms with Crippen molar-refractivity contribution in [2.24, 2.45) is 5.92 Å². The number of rotatable bonds is 6. The lowest BCUT2D eigenvalue weighted by Crippen LogP contribution is -2.38. The third-order valence-electron chi connectivity index (χ3n) is 5.73. The minimum absolute atomic E-state index is 0.00602. The predicted octanol–water partition coefficient (Wildman–Crippen LogP) is 4.63. The first kappa shape index (κ1) is 20.8. The molecule has 0 radical (unpaired) electrons. The van der Waals surface area contributed by atoms with Crippen LogP contribution < -0.4 is 5.32 Å². The van der Waals surface area contributed by atoms with Gasteiger partial charge >= 0.3 is 5.97 Å². The van der Waals surface area contributed by atoms with Crippen molar-refractivity contribution >= 4 is 34.4 Å². The Hall–Kier alpha value is -3.41. The number of nitrogens with zero attached hydrogens (tertiary/aromatic N) is 1. The number of pyridine rings is 1. The van der Waals surface area contributed by atoms with E-state index in [9.17, 15) is 9.59 Å². The summed E-state index contributed by atoms with van der Waals surface area (Å²) in [4.78, 5) is 30.1. The smallest absolute Gasteiger partial charge is 0.339 e. The molecule has 160 valence electrons. The van der Waals surface area contributed by atoms with Gasteiger partial charge in [0.15, 0.2) is 6.61 Å². The summed E-state index contributed by atoms with van der Waals surface area (Å²) >= 11 is 0. The summed E-state index contributed by atoms with van der Waals surface area (Å²) in [6.45, 7) is 5.67. The van der Waals surface area contributed by atoms with Crippen LogP contribution >= 0.6 is 0 Å². The lowest BCUT2D eigenvalue weighted by atomic mass is 10.0.